The van der Waals surface area contributed by atoms with Crippen LogP contribution in [0.25, 0.3) is 11.3 Å². The van der Waals surface area contributed by atoms with E-state index in [1.165, 1.54) is 30.7 Å². The molecule has 0 radical (unpaired) electrons. The van der Waals surface area contributed by atoms with Gasteiger partial charge >= 0.3 is 0 Å². The van der Waals surface area contributed by atoms with Gasteiger partial charge in [0.25, 0.3) is 10.0 Å². The summed E-state index contributed by atoms with van der Waals surface area (Å²) in [5.41, 5.74) is 6.26. The maximum Gasteiger partial charge on any atom is 0.265 e. The number of sulfonamides is 1. The Kier molecular flexibility index (Phi) is 7.81. The van der Waals surface area contributed by atoms with Gasteiger partial charge in [0.2, 0.25) is 5.92 Å². The molecule has 0 amide bonds. The predicted molar refractivity (Wildman–Crippen MR) is 134 cm³/mol. The molecule has 3 N–H and O–H groups in total. The quantitative estimate of drug-likeness (QED) is 0.288. The molecule has 1 saturated carbocycles. The molecule has 2 aromatic carbocycles. The molecule has 0 spiro atoms. The van der Waals surface area contributed by atoms with Crippen molar-refractivity contribution in [3.05, 3.63) is 89.5 Å². The van der Waals surface area contributed by atoms with Gasteiger partial charge in [-0.05, 0) is 60.9 Å². The van der Waals surface area contributed by atoms with Crippen molar-refractivity contribution in [3.63, 3.8) is 0 Å². The smallest absolute Gasteiger partial charge is 0.265 e. The Labute approximate surface area is 216 Å². The Balaban J connectivity index is 1.72. The lowest BCUT2D eigenvalue weighted by Crippen LogP contribution is -2.26. The van der Waals surface area contributed by atoms with E-state index in [0.29, 0.717) is 17.7 Å². The minimum Gasteiger partial charge on any atom is -0.398 e. The van der Waals surface area contributed by atoms with Crippen LogP contribution in [0.1, 0.15) is 36.8 Å². The first kappa shape index (κ1) is 27.2. The molecule has 4 rings (SSSR count). The van der Waals surface area contributed by atoms with Gasteiger partial charge in [0.15, 0.2) is 5.82 Å². The van der Waals surface area contributed by atoms with Crippen molar-refractivity contribution >= 4 is 33.2 Å². The zero-order chi connectivity index (χ0) is 27.5. The van der Waals surface area contributed by atoms with Gasteiger partial charge in [-0.25, -0.2) is 30.4 Å². The van der Waals surface area contributed by atoms with Crippen LogP contribution in [-0.4, -0.2) is 31.6 Å². The number of pyridine rings is 1. The normalized spacial score (nSPS) is 16.9. The van der Waals surface area contributed by atoms with Crippen LogP contribution in [0.2, 0.25) is 0 Å². The van der Waals surface area contributed by atoms with Gasteiger partial charge in [-0.1, -0.05) is 6.07 Å². The topological polar surface area (TPSA) is 97.4 Å². The highest BCUT2D eigenvalue weighted by Crippen LogP contribution is 2.35. The molecule has 0 unspecified atom stereocenters. The number of hydrogen-bond acceptors (Lipinski definition) is 5. The third-order valence-corrected chi connectivity index (χ3v) is 7.48. The fraction of sp³-hybridized carbons (Fsp3) is 0.231. The van der Waals surface area contributed by atoms with E-state index in [4.69, 9.17) is 5.73 Å². The van der Waals surface area contributed by atoms with Crippen LogP contribution in [0.15, 0.2) is 70.8 Å². The average molecular weight is 551 g/mol. The number of benzene rings is 2. The molecule has 1 aliphatic rings. The highest BCUT2D eigenvalue weighted by molar-refractivity contribution is 7.92. The van der Waals surface area contributed by atoms with Crippen LogP contribution in [-0.2, 0) is 10.0 Å². The maximum absolute atomic E-state index is 15.6. The second-order valence-electron chi connectivity index (χ2n) is 8.78. The van der Waals surface area contributed by atoms with E-state index in [1.54, 1.807) is 12.1 Å². The Morgan fingerprint density at radius 1 is 1.05 bits per heavy atom. The minimum atomic E-state index is -4.70. The van der Waals surface area contributed by atoms with Crippen molar-refractivity contribution < 1.29 is 30.4 Å². The maximum atomic E-state index is 15.6. The van der Waals surface area contributed by atoms with E-state index >= 15 is 4.39 Å². The molecular formula is C26H23F5N4O2S. The Morgan fingerprint density at radius 2 is 1.74 bits per heavy atom. The molecule has 0 atom stereocenters. The molecule has 6 nitrogen and oxygen atoms in total. The monoisotopic (exact) mass is 550 g/mol. The first-order chi connectivity index (χ1) is 18.0. The molecule has 1 aliphatic carbocycles. The third-order valence-electron chi connectivity index (χ3n) is 6.10. The number of aromatic nitrogens is 1. The van der Waals surface area contributed by atoms with Crippen molar-refractivity contribution in [3.8, 4) is 0 Å². The van der Waals surface area contributed by atoms with E-state index < -0.39 is 44.0 Å². The number of halogens is 5. The summed E-state index contributed by atoms with van der Waals surface area (Å²) in [6, 6.07) is 8.43. The molecule has 12 heteroatoms. The Bertz CT molecular complexity index is 1480. The van der Waals surface area contributed by atoms with Gasteiger partial charge in [0, 0.05) is 42.6 Å². The van der Waals surface area contributed by atoms with Crippen LogP contribution in [0.4, 0.5) is 27.6 Å². The molecule has 1 heterocycles. The number of anilines is 1. The molecule has 3 aromatic rings. The molecule has 0 saturated heterocycles. The van der Waals surface area contributed by atoms with Gasteiger partial charge in [-0.15, -0.1) is 0 Å². The van der Waals surface area contributed by atoms with Gasteiger partial charge in [0.1, 0.15) is 16.5 Å². The van der Waals surface area contributed by atoms with Crippen LogP contribution >= 0.6 is 0 Å². The molecule has 1 fully saturated rings. The molecule has 38 heavy (non-hydrogen) atoms. The summed E-state index contributed by atoms with van der Waals surface area (Å²) in [6.07, 6.45) is 4.11. The standard InChI is InChI=1S/C26H23F5N4O2S/c27-17-4-5-21(28)23(14-17)38(36,37)35-22-3-1-2-19(24(22)29)25(32)20(16-8-12-33-13-9-16)15-34-18-6-10-26(30,31)11-7-18/h1-5,8-9,12-15,18,35H,6-7,10-11,32H2. The second-order valence-corrected chi connectivity index (χ2v) is 10.4. The first-order valence-corrected chi connectivity index (χ1v) is 13.0. The van der Waals surface area contributed by atoms with Gasteiger partial charge in [0.05, 0.1) is 17.4 Å². The largest absolute Gasteiger partial charge is 0.398 e. The van der Waals surface area contributed by atoms with Crippen LogP contribution < -0.4 is 10.5 Å². The van der Waals surface area contributed by atoms with Crippen LogP contribution in [0, 0.1) is 17.5 Å². The van der Waals surface area contributed by atoms with Crippen molar-refractivity contribution in [2.24, 2.45) is 10.7 Å². The van der Waals surface area contributed by atoms with Crippen molar-refractivity contribution in [1.82, 2.24) is 4.98 Å². The van der Waals surface area contributed by atoms with Crippen molar-refractivity contribution in [1.29, 1.82) is 0 Å². The predicted octanol–water partition coefficient (Wildman–Crippen LogP) is 5.78. The lowest BCUT2D eigenvalue weighted by Gasteiger charge is -2.25. The van der Waals surface area contributed by atoms with Gasteiger partial charge in [-0.3, -0.25) is 14.7 Å². The molecular weight excluding hydrogens is 527 g/mol. The summed E-state index contributed by atoms with van der Waals surface area (Å²) in [5.74, 6) is -5.99. The number of nitrogens with two attached hydrogens (primary N) is 1. The van der Waals surface area contributed by atoms with Crippen molar-refractivity contribution in [2.75, 3.05) is 4.72 Å². The molecule has 0 aliphatic heterocycles. The highest BCUT2D eigenvalue weighted by atomic mass is 32.2. The number of nitrogens with zero attached hydrogens (tertiary/aromatic N) is 2. The fourth-order valence-corrected chi connectivity index (χ4v) is 5.18. The van der Waals surface area contributed by atoms with Crippen LogP contribution in [0.5, 0.6) is 0 Å². The highest BCUT2D eigenvalue weighted by Gasteiger charge is 2.34. The SMILES string of the molecule is NC(=C(C=NC1CCC(F)(F)CC1)c1ccncc1)c1cccc(NS(=O)(=O)c2cc(F)ccc2F)c1F. The van der Waals surface area contributed by atoms with E-state index in [9.17, 15) is 26.0 Å². The Hall–Kier alpha value is -3.80. The summed E-state index contributed by atoms with van der Waals surface area (Å²) >= 11 is 0. The zero-order valence-corrected chi connectivity index (χ0v) is 20.7. The van der Waals surface area contributed by atoms with E-state index in [-0.39, 0.29) is 48.6 Å². The summed E-state index contributed by atoms with van der Waals surface area (Å²) in [7, 11) is -4.70. The van der Waals surface area contributed by atoms with Crippen molar-refractivity contribution in [2.45, 2.75) is 42.5 Å². The minimum absolute atomic E-state index is 0.114. The summed E-state index contributed by atoms with van der Waals surface area (Å²) in [5, 5.41) is 0. The Morgan fingerprint density at radius 3 is 2.42 bits per heavy atom. The summed E-state index contributed by atoms with van der Waals surface area (Å²) < 4.78 is 97.5. The summed E-state index contributed by atoms with van der Waals surface area (Å²) in [6.45, 7) is 0. The van der Waals surface area contributed by atoms with E-state index in [2.05, 4.69) is 9.98 Å². The van der Waals surface area contributed by atoms with Crippen LogP contribution in [0.3, 0.4) is 0 Å². The first-order valence-electron chi connectivity index (χ1n) is 11.5. The number of aliphatic imine (C=N–C) groups is 1. The number of rotatable bonds is 7. The lowest BCUT2D eigenvalue weighted by atomic mass is 9.92. The number of allylic oxidation sites excluding steroid dienone is 1. The fourth-order valence-electron chi connectivity index (χ4n) is 4.03. The third kappa shape index (κ3) is 6.18. The molecule has 200 valence electrons. The number of nitrogens with one attached hydrogen (secondary N) is 1. The average Bonchev–Trinajstić information content (AvgIpc) is 2.88. The van der Waals surface area contributed by atoms with E-state index in [0.717, 1.165) is 12.1 Å². The van der Waals surface area contributed by atoms with E-state index in [1.807, 2.05) is 4.72 Å². The van der Waals surface area contributed by atoms with Gasteiger partial charge in [-0.2, -0.15) is 0 Å². The summed E-state index contributed by atoms with van der Waals surface area (Å²) in [4.78, 5) is 7.36. The molecule has 1 aromatic heterocycles. The second kappa shape index (κ2) is 10.9. The lowest BCUT2D eigenvalue weighted by molar-refractivity contribution is -0.0373. The number of alkyl halides is 2. The number of hydrogen-bond donors (Lipinski definition) is 2. The molecule has 0 bridgehead atoms. The zero-order valence-electron chi connectivity index (χ0n) is 19.8. The van der Waals surface area contributed by atoms with Gasteiger partial charge < -0.3 is 5.73 Å².